The molecule has 4 heteroatoms. The van der Waals surface area contributed by atoms with Crippen LogP contribution in [0.4, 0.5) is 0 Å². The van der Waals surface area contributed by atoms with Crippen LogP contribution in [0.25, 0.3) is 0 Å². The lowest BCUT2D eigenvalue weighted by atomic mass is 9.98. The Morgan fingerprint density at radius 3 is 2.47 bits per heavy atom. The average Bonchev–Trinajstić information content (AvgIpc) is 2.18. The van der Waals surface area contributed by atoms with E-state index in [-0.39, 0.29) is 18.5 Å². The van der Waals surface area contributed by atoms with Crippen molar-refractivity contribution in [2.24, 2.45) is 5.92 Å². The predicted molar refractivity (Wildman–Crippen MR) is 54.4 cm³/mol. The monoisotopic (exact) mass is 214 g/mol. The van der Waals surface area contributed by atoms with Crippen LogP contribution in [0.1, 0.15) is 45.4 Å². The summed E-state index contributed by atoms with van der Waals surface area (Å²) in [6, 6.07) is 0. The number of rotatable bonds is 4. The summed E-state index contributed by atoms with van der Waals surface area (Å²) in [7, 11) is 0. The molecule has 1 N–H and O–H groups in total. The Labute approximate surface area is 89.6 Å². The predicted octanol–water partition coefficient (Wildman–Crippen LogP) is 1.97. The summed E-state index contributed by atoms with van der Waals surface area (Å²) < 4.78 is 5.21. The third-order valence-electron chi connectivity index (χ3n) is 2.74. The minimum atomic E-state index is -0.949. The summed E-state index contributed by atoms with van der Waals surface area (Å²) in [5.74, 6) is -1.98. The first kappa shape index (κ1) is 12.0. The van der Waals surface area contributed by atoms with Crippen molar-refractivity contribution < 1.29 is 19.4 Å². The van der Waals surface area contributed by atoms with Gasteiger partial charge in [-0.2, -0.15) is 0 Å². The molecular formula is C11H18O4. The van der Waals surface area contributed by atoms with Gasteiger partial charge in [-0.1, -0.05) is 13.3 Å². The molecule has 0 aromatic heterocycles. The zero-order chi connectivity index (χ0) is 11.3. The van der Waals surface area contributed by atoms with Gasteiger partial charge in [0.2, 0.25) is 0 Å². The van der Waals surface area contributed by atoms with E-state index in [9.17, 15) is 9.59 Å². The molecule has 0 aromatic carbocycles. The molecule has 1 saturated carbocycles. The molecular weight excluding hydrogens is 196 g/mol. The Morgan fingerprint density at radius 1 is 1.33 bits per heavy atom. The number of hydrogen-bond acceptors (Lipinski definition) is 3. The molecule has 1 atom stereocenters. The number of carboxylic acid groups (broad SMARTS) is 1. The zero-order valence-corrected chi connectivity index (χ0v) is 9.07. The number of carboxylic acids is 1. The number of ether oxygens (including phenoxy) is 1. The lowest BCUT2D eigenvalue weighted by Crippen LogP contribution is -2.23. The first-order valence-electron chi connectivity index (χ1n) is 5.52. The number of esters is 1. The Kier molecular flexibility index (Phi) is 4.59. The maximum atomic E-state index is 11.3. The molecule has 0 heterocycles. The highest BCUT2D eigenvalue weighted by Gasteiger charge is 2.21. The van der Waals surface area contributed by atoms with Gasteiger partial charge in [-0.3, -0.25) is 9.59 Å². The summed E-state index contributed by atoms with van der Waals surface area (Å²) in [6.45, 7) is 1.52. The molecule has 0 aromatic rings. The van der Waals surface area contributed by atoms with Crippen LogP contribution in [0.3, 0.4) is 0 Å². The van der Waals surface area contributed by atoms with Crippen LogP contribution in [0.5, 0.6) is 0 Å². The van der Waals surface area contributed by atoms with E-state index in [4.69, 9.17) is 9.84 Å². The normalized spacial score (nSPS) is 19.5. The molecule has 0 saturated heterocycles. The summed E-state index contributed by atoms with van der Waals surface area (Å²) in [6.07, 6.45) is 5.26. The Bertz CT molecular complexity index is 231. The molecule has 15 heavy (non-hydrogen) atoms. The topological polar surface area (TPSA) is 63.6 Å². The maximum absolute atomic E-state index is 11.3. The molecule has 1 rings (SSSR count). The van der Waals surface area contributed by atoms with Crippen molar-refractivity contribution in [1.82, 2.24) is 0 Å². The van der Waals surface area contributed by atoms with E-state index in [1.54, 1.807) is 0 Å². The molecule has 4 nitrogen and oxygen atoms in total. The smallest absolute Gasteiger partial charge is 0.306 e. The lowest BCUT2D eigenvalue weighted by molar-refractivity contribution is -0.155. The van der Waals surface area contributed by atoms with E-state index in [1.165, 1.54) is 13.3 Å². The van der Waals surface area contributed by atoms with Crippen LogP contribution in [-0.2, 0) is 14.3 Å². The number of carbonyl (C=O) groups is 2. The molecule has 0 bridgehead atoms. The third kappa shape index (κ3) is 4.32. The van der Waals surface area contributed by atoms with Gasteiger partial charge in [0, 0.05) is 0 Å². The van der Waals surface area contributed by atoms with Gasteiger partial charge in [0.25, 0.3) is 0 Å². The van der Waals surface area contributed by atoms with Crippen molar-refractivity contribution in [2.75, 3.05) is 0 Å². The van der Waals surface area contributed by atoms with Crippen molar-refractivity contribution in [3.8, 4) is 0 Å². The quantitative estimate of drug-likeness (QED) is 0.727. The van der Waals surface area contributed by atoms with Gasteiger partial charge in [-0.05, 0) is 25.7 Å². The molecule has 0 amide bonds. The first-order chi connectivity index (χ1) is 7.09. The average molecular weight is 214 g/mol. The van der Waals surface area contributed by atoms with E-state index in [2.05, 4.69) is 0 Å². The highest BCUT2D eigenvalue weighted by Crippen LogP contribution is 2.21. The fourth-order valence-corrected chi connectivity index (χ4v) is 1.75. The van der Waals surface area contributed by atoms with Gasteiger partial charge in [-0.25, -0.2) is 0 Å². The van der Waals surface area contributed by atoms with Crippen LogP contribution < -0.4 is 0 Å². The summed E-state index contributed by atoms with van der Waals surface area (Å²) in [4.78, 5) is 21.9. The second-order valence-electron chi connectivity index (χ2n) is 4.19. The lowest BCUT2D eigenvalue weighted by Gasteiger charge is -2.22. The van der Waals surface area contributed by atoms with E-state index in [0.29, 0.717) is 0 Å². The van der Waals surface area contributed by atoms with E-state index < -0.39 is 11.9 Å². The zero-order valence-electron chi connectivity index (χ0n) is 9.07. The van der Waals surface area contributed by atoms with E-state index >= 15 is 0 Å². The van der Waals surface area contributed by atoms with Crippen LogP contribution >= 0.6 is 0 Å². The highest BCUT2D eigenvalue weighted by molar-refractivity contribution is 5.78. The molecule has 86 valence electrons. The Hall–Kier alpha value is -1.06. The van der Waals surface area contributed by atoms with Crippen LogP contribution in [0, 0.1) is 5.92 Å². The van der Waals surface area contributed by atoms with Crippen molar-refractivity contribution in [2.45, 2.75) is 51.6 Å². The number of aliphatic carboxylic acids is 1. The van der Waals surface area contributed by atoms with Gasteiger partial charge in [0.1, 0.15) is 6.10 Å². The highest BCUT2D eigenvalue weighted by atomic mass is 16.5. The summed E-state index contributed by atoms with van der Waals surface area (Å²) in [5, 5.41) is 8.63. The van der Waals surface area contributed by atoms with E-state index in [1.807, 2.05) is 0 Å². The molecule has 0 aliphatic heterocycles. The summed E-state index contributed by atoms with van der Waals surface area (Å²) >= 11 is 0. The van der Waals surface area contributed by atoms with Crippen LogP contribution in [0.2, 0.25) is 0 Å². The largest absolute Gasteiger partial charge is 0.481 e. The van der Waals surface area contributed by atoms with E-state index in [0.717, 1.165) is 25.7 Å². The minimum absolute atomic E-state index is 0.0206. The number of carbonyl (C=O) groups excluding carboxylic acids is 1. The molecule has 1 fully saturated rings. The van der Waals surface area contributed by atoms with Crippen molar-refractivity contribution in [3.63, 3.8) is 0 Å². The molecule has 1 unspecified atom stereocenters. The van der Waals surface area contributed by atoms with Gasteiger partial charge in [-0.15, -0.1) is 0 Å². The van der Waals surface area contributed by atoms with Gasteiger partial charge >= 0.3 is 11.9 Å². The fourth-order valence-electron chi connectivity index (χ4n) is 1.75. The minimum Gasteiger partial charge on any atom is -0.481 e. The van der Waals surface area contributed by atoms with Crippen LogP contribution in [0.15, 0.2) is 0 Å². The van der Waals surface area contributed by atoms with Gasteiger partial charge in [0.15, 0.2) is 0 Å². The fraction of sp³-hybridized carbons (Fsp3) is 0.818. The second kappa shape index (κ2) is 5.73. The maximum Gasteiger partial charge on any atom is 0.306 e. The Balaban J connectivity index is 2.25. The Morgan fingerprint density at radius 2 is 1.93 bits per heavy atom. The van der Waals surface area contributed by atoms with Crippen molar-refractivity contribution >= 4 is 11.9 Å². The SMILES string of the molecule is CC(CC(=O)OC1CCCCC1)C(=O)O. The number of hydrogen-bond donors (Lipinski definition) is 1. The van der Waals surface area contributed by atoms with Gasteiger partial charge in [0.05, 0.1) is 12.3 Å². The molecule has 1 aliphatic rings. The van der Waals surface area contributed by atoms with Crippen LogP contribution in [-0.4, -0.2) is 23.1 Å². The molecule has 0 radical (unpaired) electrons. The molecule has 1 aliphatic carbocycles. The van der Waals surface area contributed by atoms with Crippen molar-refractivity contribution in [1.29, 1.82) is 0 Å². The first-order valence-corrected chi connectivity index (χ1v) is 5.52. The molecule has 0 spiro atoms. The van der Waals surface area contributed by atoms with Crippen molar-refractivity contribution in [3.05, 3.63) is 0 Å². The third-order valence-corrected chi connectivity index (χ3v) is 2.74. The standard InChI is InChI=1S/C11H18O4/c1-8(11(13)14)7-10(12)15-9-5-3-2-4-6-9/h8-9H,2-7H2,1H3,(H,13,14). The second-order valence-corrected chi connectivity index (χ2v) is 4.19. The summed E-state index contributed by atoms with van der Waals surface area (Å²) in [5.41, 5.74) is 0. The van der Waals surface area contributed by atoms with Gasteiger partial charge < -0.3 is 9.84 Å².